The van der Waals surface area contributed by atoms with Gasteiger partial charge < -0.3 is 0 Å². The number of piperidine rings is 1. The summed E-state index contributed by atoms with van der Waals surface area (Å²) in [5, 5.41) is 0. The molecular weight excluding hydrogens is 210 g/mol. The SMILES string of the molecule is O=C1CCN([C@@H]2CC[C@@H]3CCCC[C@@H]3C2)CC1. The lowest BCUT2D eigenvalue weighted by molar-refractivity contribution is -0.122. The summed E-state index contributed by atoms with van der Waals surface area (Å²) in [5.74, 6) is 2.54. The quantitative estimate of drug-likeness (QED) is 0.696. The number of hydrogen-bond acceptors (Lipinski definition) is 2. The van der Waals surface area contributed by atoms with E-state index in [1.54, 1.807) is 0 Å². The third-order valence-electron chi connectivity index (χ3n) is 5.38. The maximum absolute atomic E-state index is 11.3. The van der Waals surface area contributed by atoms with Crippen LogP contribution in [0.4, 0.5) is 0 Å². The van der Waals surface area contributed by atoms with E-state index in [0.29, 0.717) is 5.78 Å². The van der Waals surface area contributed by atoms with E-state index in [2.05, 4.69) is 4.90 Å². The van der Waals surface area contributed by atoms with Gasteiger partial charge in [-0.15, -0.1) is 0 Å². The van der Waals surface area contributed by atoms with Crippen molar-refractivity contribution in [1.29, 1.82) is 0 Å². The lowest BCUT2D eigenvalue weighted by Gasteiger charge is -2.44. The normalized spacial score (nSPS) is 40.0. The number of ketones is 1. The van der Waals surface area contributed by atoms with Crippen LogP contribution in [-0.2, 0) is 4.79 Å². The lowest BCUT2D eigenvalue weighted by Crippen LogP contribution is -2.45. The zero-order chi connectivity index (χ0) is 11.7. The minimum atomic E-state index is 0.479. The van der Waals surface area contributed by atoms with Crippen LogP contribution in [0.5, 0.6) is 0 Å². The molecule has 0 amide bonds. The number of hydrogen-bond donors (Lipinski definition) is 0. The molecule has 3 atom stereocenters. The Labute approximate surface area is 105 Å². The van der Waals surface area contributed by atoms with E-state index in [4.69, 9.17) is 0 Å². The van der Waals surface area contributed by atoms with Crippen LogP contribution in [0.2, 0.25) is 0 Å². The van der Waals surface area contributed by atoms with Gasteiger partial charge in [0.25, 0.3) is 0 Å². The molecule has 3 rings (SSSR count). The van der Waals surface area contributed by atoms with Crippen LogP contribution in [0.25, 0.3) is 0 Å². The van der Waals surface area contributed by atoms with E-state index in [1.165, 1.54) is 44.9 Å². The van der Waals surface area contributed by atoms with Gasteiger partial charge in [-0.25, -0.2) is 0 Å². The van der Waals surface area contributed by atoms with Crippen molar-refractivity contribution < 1.29 is 4.79 Å². The molecule has 3 aliphatic rings. The molecule has 1 heterocycles. The third kappa shape index (κ3) is 2.57. The topological polar surface area (TPSA) is 20.3 Å². The van der Waals surface area contributed by atoms with Gasteiger partial charge in [-0.3, -0.25) is 9.69 Å². The van der Waals surface area contributed by atoms with Crippen LogP contribution < -0.4 is 0 Å². The van der Waals surface area contributed by atoms with Crippen LogP contribution in [0.3, 0.4) is 0 Å². The first kappa shape index (κ1) is 11.7. The van der Waals surface area contributed by atoms with Crippen LogP contribution in [-0.4, -0.2) is 29.8 Å². The van der Waals surface area contributed by atoms with Gasteiger partial charge in [-0.2, -0.15) is 0 Å². The van der Waals surface area contributed by atoms with Gasteiger partial charge in [-0.05, 0) is 31.1 Å². The Hall–Kier alpha value is -0.370. The summed E-state index contributed by atoms with van der Waals surface area (Å²) in [4.78, 5) is 13.9. The molecule has 0 unspecified atom stereocenters. The van der Waals surface area contributed by atoms with Crippen molar-refractivity contribution in [3.8, 4) is 0 Å². The zero-order valence-electron chi connectivity index (χ0n) is 10.9. The molecule has 1 aliphatic heterocycles. The fourth-order valence-electron chi connectivity index (χ4n) is 4.32. The van der Waals surface area contributed by atoms with Crippen molar-refractivity contribution in [3.05, 3.63) is 0 Å². The van der Waals surface area contributed by atoms with E-state index in [-0.39, 0.29) is 0 Å². The summed E-state index contributed by atoms with van der Waals surface area (Å²) >= 11 is 0. The first-order chi connectivity index (χ1) is 8.33. The summed E-state index contributed by atoms with van der Waals surface area (Å²) < 4.78 is 0. The molecule has 0 radical (unpaired) electrons. The van der Waals surface area contributed by atoms with Crippen molar-refractivity contribution in [2.75, 3.05) is 13.1 Å². The molecule has 2 nitrogen and oxygen atoms in total. The molecule has 0 aromatic carbocycles. The van der Waals surface area contributed by atoms with Crippen molar-refractivity contribution in [1.82, 2.24) is 4.90 Å². The number of carbonyl (C=O) groups is 1. The second kappa shape index (κ2) is 5.09. The van der Waals surface area contributed by atoms with Crippen LogP contribution in [0, 0.1) is 11.8 Å². The molecule has 2 saturated carbocycles. The molecule has 0 aromatic heterocycles. The number of Topliss-reactive ketones (excluding diaryl/α,β-unsaturated/α-hetero) is 1. The number of rotatable bonds is 1. The maximum Gasteiger partial charge on any atom is 0.135 e. The summed E-state index contributed by atoms with van der Waals surface area (Å²) in [6.07, 6.45) is 11.8. The van der Waals surface area contributed by atoms with Gasteiger partial charge in [0.1, 0.15) is 5.78 Å². The standard InChI is InChI=1S/C15H25NO/c17-15-7-9-16(10-8-15)14-6-5-12-3-1-2-4-13(12)11-14/h12-14H,1-11H2/t12-,13+,14+/m0/s1. The Bertz CT molecular complexity index is 279. The van der Waals surface area contributed by atoms with E-state index in [1.807, 2.05) is 0 Å². The first-order valence-electron chi connectivity index (χ1n) is 7.58. The van der Waals surface area contributed by atoms with Crippen molar-refractivity contribution >= 4 is 5.78 Å². The van der Waals surface area contributed by atoms with Crippen molar-refractivity contribution in [2.24, 2.45) is 11.8 Å². The van der Waals surface area contributed by atoms with Gasteiger partial charge >= 0.3 is 0 Å². The number of likely N-dealkylation sites (tertiary alicyclic amines) is 1. The maximum atomic E-state index is 11.3. The molecule has 0 spiro atoms. The van der Waals surface area contributed by atoms with Gasteiger partial charge in [0.15, 0.2) is 0 Å². The van der Waals surface area contributed by atoms with E-state index in [0.717, 1.165) is 43.8 Å². The van der Waals surface area contributed by atoms with Crippen molar-refractivity contribution in [2.45, 2.75) is 63.8 Å². The minimum absolute atomic E-state index is 0.479. The Morgan fingerprint density at radius 3 is 2.35 bits per heavy atom. The molecule has 1 saturated heterocycles. The second-order valence-electron chi connectivity index (χ2n) is 6.35. The molecule has 3 fully saturated rings. The van der Waals surface area contributed by atoms with Gasteiger partial charge in [0.05, 0.1) is 0 Å². The van der Waals surface area contributed by atoms with Gasteiger partial charge in [-0.1, -0.05) is 25.7 Å². The Kier molecular flexibility index (Phi) is 3.51. The summed E-state index contributed by atoms with van der Waals surface area (Å²) in [6, 6.07) is 0.808. The fraction of sp³-hybridized carbons (Fsp3) is 0.933. The highest BCUT2D eigenvalue weighted by molar-refractivity contribution is 5.79. The van der Waals surface area contributed by atoms with Gasteiger partial charge in [0, 0.05) is 32.0 Å². The molecule has 0 aromatic rings. The molecule has 17 heavy (non-hydrogen) atoms. The van der Waals surface area contributed by atoms with Crippen LogP contribution >= 0.6 is 0 Å². The smallest absolute Gasteiger partial charge is 0.135 e. The summed E-state index contributed by atoms with van der Waals surface area (Å²) in [5.41, 5.74) is 0. The first-order valence-corrected chi connectivity index (χ1v) is 7.58. The lowest BCUT2D eigenvalue weighted by atomic mass is 9.69. The Morgan fingerprint density at radius 1 is 0.882 bits per heavy atom. The molecule has 0 N–H and O–H groups in total. The second-order valence-corrected chi connectivity index (χ2v) is 6.35. The highest BCUT2D eigenvalue weighted by Gasteiger charge is 2.35. The fourth-order valence-corrected chi connectivity index (χ4v) is 4.32. The predicted octanol–water partition coefficient (Wildman–Crippen LogP) is 3.01. The number of carbonyl (C=O) groups excluding carboxylic acids is 1. The van der Waals surface area contributed by atoms with Gasteiger partial charge in [0.2, 0.25) is 0 Å². The molecule has 0 bridgehead atoms. The van der Waals surface area contributed by atoms with E-state index in [9.17, 15) is 4.79 Å². The highest BCUT2D eigenvalue weighted by Crippen LogP contribution is 2.41. The number of fused-ring (bicyclic) bond motifs is 1. The summed E-state index contributed by atoms with van der Waals surface area (Å²) in [7, 11) is 0. The number of nitrogens with zero attached hydrogens (tertiary/aromatic N) is 1. The van der Waals surface area contributed by atoms with Crippen molar-refractivity contribution in [3.63, 3.8) is 0 Å². The molecule has 96 valence electrons. The largest absolute Gasteiger partial charge is 0.300 e. The summed E-state index contributed by atoms with van der Waals surface area (Å²) in [6.45, 7) is 2.09. The average molecular weight is 235 g/mol. The van der Waals surface area contributed by atoms with Crippen LogP contribution in [0.1, 0.15) is 57.8 Å². The molecule has 2 aliphatic carbocycles. The highest BCUT2D eigenvalue weighted by atomic mass is 16.1. The third-order valence-corrected chi connectivity index (χ3v) is 5.38. The zero-order valence-corrected chi connectivity index (χ0v) is 10.9. The van der Waals surface area contributed by atoms with Crippen LogP contribution in [0.15, 0.2) is 0 Å². The molecular formula is C15H25NO. The average Bonchev–Trinajstić information content (AvgIpc) is 2.39. The van der Waals surface area contributed by atoms with E-state index < -0.39 is 0 Å². The minimum Gasteiger partial charge on any atom is -0.300 e. The predicted molar refractivity (Wildman–Crippen MR) is 68.9 cm³/mol. The Morgan fingerprint density at radius 2 is 1.59 bits per heavy atom. The van der Waals surface area contributed by atoms with E-state index >= 15 is 0 Å². The Balaban J connectivity index is 1.56. The monoisotopic (exact) mass is 235 g/mol. The molecule has 2 heteroatoms.